The Hall–Kier alpha value is -1.12. The third-order valence-corrected chi connectivity index (χ3v) is 2.03. The summed E-state index contributed by atoms with van der Waals surface area (Å²) < 4.78 is 0. The van der Waals surface area contributed by atoms with Gasteiger partial charge in [0.25, 0.3) is 0 Å². The van der Waals surface area contributed by atoms with Crippen LogP contribution in [0.25, 0.3) is 0 Å². The Kier molecular flexibility index (Phi) is 0.952. The van der Waals surface area contributed by atoms with Gasteiger partial charge >= 0.3 is 0 Å². The zero-order valence-corrected chi connectivity index (χ0v) is 5.52. The summed E-state index contributed by atoms with van der Waals surface area (Å²) in [5.41, 5.74) is 1.80. The quantitative estimate of drug-likeness (QED) is 0.500. The molecule has 3 heteroatoms. The van der Waals surface area contributed by atoms with Gasteiger partial charge in [-0.3, -0.25) is 4.98 Å². The summed E-state index contributed by atoms with van der Waals surface area (Å²) in [6.07, 6.45) is 2.82. The summed E-state index contributed by atoms with van der Waals surface area (Å²) in [5.74, 6) is 0.287. The van der Waals surface area contributed by atoms with Crippen LogP contribution in [0.5, 0.6) is 11.8 Å². The van der Waals surface area contributed by atoms with E-state index in [2.05, 4.69) is 4.98 Å². The van der Waals surface area contributed by atoms with Crippen LogP contribution in [0.1, 0.15) is 17.5 Å². The van der Waals surface area contributed by atoms with Crippen LogP contribution in [0, 0.1) is 0 Å². The Morgan fingerprint density at radius 2 is 1.50 bits per heavy atom. The normalized spacial score (nSPS) is 15.6. The van der Waals surface area contributed by atoms with E-state index in [4.69, 9.17) is 10.2 Å². The molecule has 1 aromatic rings. The smallest absolute Gasteiger partial charge is 0.194 e. The van der Waals surface area contributed by atoms with Crippen molar-refractivity contribution in [2.75, 3.05) is 0 Å². The molecule has 1 aromatic heterocycles. The van der Waals surface area contributed by atoms with Crippen LogP contribution in [0.4, 0.5) is 0 Å². The molecule has 2 rings (SSSR count). The molecule has 0 saturated heterocycles. The van der Waals surface area contributed by atoms with Crippen LogP contribution in [0.15, 0.2) is 0 Å². The van der Waals surface area contributed by atoms with Gasteiger partial charge in [-0.25, -0.2) is 0 Å². The van der Waals surface area contributed by atoms with Crippen molar-refractivity contribution in [2.45, 2.75) is 19.3 Å². The number of fused-ring (bicyclic) bond motifs is 1. The summed E-state index contributed by atoms with van der Waals surface area (Å²) in [4.78, 5) is 2.49. The van der Waals surface area contributed by atoms with E-state index in [1.807, 2.05) is 0 Å². The Morgan fingerprint density at radius 1 is 1.00 bits per heavy atom. The van der Waals surface area contributed by atoms with Gasteiger partial charge in [0.1, 0.15) is 0 Å². The highest BCUT2D eigenvalue weighted by Gasteiger charge is 2.20. The maximum atomic E-state index is 9.14. The van der Waals surface area contributed by atoms with Crippen molar-refractivity contribution in [1.82, 2.24) is 4.98 Å². The molecule has 1 heterocycles. The van der Waals surface area contributed by atoms with E-state index in [1.165, 1.54) is 0 Å². The molecule has 0 radical (unpaired) electrons. The minimum Gasteiger partial charge on any atom is -0.494 e. The maximum absolute atomic E-state index is 9.14. The van der Waals surface area contributed by atoms with Gasteiger partial charge in [0.05, 0.1) is 0 Å². The van der Waals surface area contributed by atoms with Crippen molar-refractivity contribution in [3.8, 4) is 11.8 Å². The van der Waals surface area contributed by atoms with Gasteiger partial charge in [-0.1, -0.05) is 0 Å². The number of aromatic amines is 1. The van der Waals surface area contributed by atoms with Gasteiger partial charge in [-0.2, -0.15) is 0 Å². The van der Waals surface area contributed by atoms with Crippen molar-refractivity contribution in [3.05, 3.63) is 11.1 Å². The van der Waals surface area contributed by atoms with E-state index in [0.717, 1.165) is 30.4 Å². The van der Waals surface area contributed by atoms with Gasteiger partial charge in [0.2, 0.25) is 0 Å². The molecule has 54 valence electrons. The Morgan fingerprint density at radius 3 is 2.00 bits per heavy atom. The van der Waals surface area contributed by atoms with E-state index in [-0.39, 0.29) is 11.8 Å². The van der Waals surface area contributed by atoms with Crippen LogP contribution in [0.3, 0.4) is 0 Å². The molecule has 0 aromatic carbocycles. The predicted octanol–water partition coefficient (Wildman–Crippen LogP) is 0.915. The zero-order valence-electron chi connectivity index (χ0n) is 5.52. The topological polar surface area (TPSA) is 56.2 Å². The third-order valence-electron chi connectivity index (χ3n) is 2.03. The third kappa shape index (κ3) is 0.546. The highest BCUT2D eigenvalue weighted by atomic mass is 16.3. The van der Waals surface area contributed by atoms with Gasteiger partial charge < -0.3 is 10.2 Å². The molecule has 0 fully saturated rings. The summed E-state index contributed by atoms with van der Waals surface area (Å²) in [5, 5.41) is 18.3. The molecule has 0 unspecified atom stereocenters. The summed E-state index contributed by atoms with van der Waals surface area (Å²) in [6, 6.07) is 0. The molecule has 3 nitrogen and oxygen atoms in total. The standard InChI is InChI=1S/C7H9NO2/c9-6-4-2-1-3-5(4)7(10)8-6/h8-10H,1-3H2. The highest BCUT2D eigenvalue weighted by Crippen LogP contribution is 2.35. The molecule has 1 aliphatic carbocycles. The second kappa shape index (κ2) is 1.68. The lowest BCUT2D eigenvalue weighted by atomic mass is 10.2. The molecular formula is C7H9NO2. The zero-order chi connectivity index (χ0) is 7.14. The molecule has 0 aliphatic heterocycles. The average Bonchev–Trinajstić information content (AvgIpc) is 2.39. The fourth-order valence-electron chi connectivity index (χ4n) is 1.53. The van der Waals surface area contributed by atoms with E-state index >= 15 is 0 Å². The van der Waals surface area contributed by atoms with Gasteiger partial charge in [-0.05, 0) is 19.3 Å². The molecule has 3 N–H and O–H groups in total. The minimum absolute atomic E-state index is 0.144. The summed E-state index contributed by atoms with van der Waals surface area (Å²) in [6.45, 7) is 0. The number of rotatable bonds is 0. The monoisotopic (exact) mass is 139 g/mol. The fourth-order valence-corrected chi connectivity index (χ4v) is 1.53. The summed E-state index contributed by atoms with van der Waals surface area (Å²) in [7, 11) is 0. The van der Waals surface area contributed by atoms with Crippen LogP contribution < -0.4 is 0 Å². The Bertz CT molecular complexity index is 240. The highest BCUT2D eigenvalue weighted by molar-refractivity contribution is 5.45. The number of aromatic nitrogens is 1. The first-order valence-corrected chi connectivity index (χ1v) is 3.40. The maximum Gasteiger partial charge on any atom is 0.194 e. The van der Waals surface area contributed by atoms with Crippen LogP contribution >= 0.6 is 0 Å². The lowest BCUT2D eigenvalue weighted by Crippen LogP contribution is -1.73. The first-order chi connectivity index (χ1) is 4.79. The Balaban J connectivity index is 2.61. The largest absolute Gasteiger partial charge is 0.494 e. The molecule has 0 amide bonds. The molecule has 0 saturated carbocycles. The van der Waals surface area contributed by atoms with Crippen LogP contribution in [0.2, 0.25) is 0 Å². The van der Waals surface area contributed by atoms with E-state index < -0.39 is 0 Å². The second-order valence-electron chi connectivity index (χ2n) is 2.63. The molecule has 0 bridgehead atoms. The van der Waals surface area contributed by atoms with Gasteiger partial charge in [0.15, 0.2) is 11.8 Å². The first-order valence-electron chi connectivity index (χ1n) is 3.40. The van der Waals surface area contributed by atoms with Crippen molar-refractivity contribution in [3.63, 3.8) is 0 Å². The minimum atomic E-state index is 0.144. The lowest BCUT2D eigenvalue weighted by Gasteiger charge is -1.87. The fraction of sp³-hybridized carbons (Fsp3) is 0.429. The first kappa shape index (κ1) is 5.65. The van der Waals surface area contributed by atoms with Crippen molar-refractivity contribution < 1.29 is 10.2 Å². The van der Waals surface area contributed by atoms with E-state index in [0.29, 0.717) is 0 Å². The molecule has 0 atom stereocenters. The Labute approximate surface area is 58.3 Å². The van der Waals surface area contributed by atoms with Crippen LogP contribution in [-0.4, -0.2) is 15.2 Å². The van der Waals surface area contributed by atoms with E-state index in [9.17, 15) is 0 Å². The van der Waals surface area contributed by atoms with Crippen molar-refractivity contribution >= 4 is 0 Å². The van der Waals surface area contributed by atoms with Gasteiger partial charge in [0, 0.05) is 11.1 Å². The number of H-pyrrole nitrogens is 1. The molecule has 0 spiro atoms. The van der Waals surface area contributed by atoms with Crippen molar-refractivity contribution in [1.29, 1.82) is 0 Å². The van der Waals surface area contributed by atoms with E-state index in [1.54, 1.807) is 0 Å². The number of hydrogen-bond acceptors (Lipinski definition) is 2. The molecular weight excluding hydrogens is 130 g/mol. The van der Waals surface area contributed by atoms with Crippen LogP contribution in [-0.2, 0) is 12.8 Å². The van der Waals surface area contributed by atoms with Crippen molar-refractivity contribution in [2.24, 2.45) is 0 Å². The second-order valence-corrected chi connectivity index (χ2v) is 2.63. The van der Waals surface area contributed by atoms with Gasteiger partial charge in [-0.15, -0.1) is 0 Å². The number of aromatic hydroxyl groups is 2. The molecule has 1 aliphatic rings. The number of hydrogen-bond donors (Lipinski definition) is 3. The molecule has 10 heavy (non-hydrogen) atoms. The lowest BCUT2D eigenvalue weighted by molar-refractivity contribution is 0.419. The number of nitrogens with one attached hydrogen (secondary N) is 1. The summed E-state index contributed by atoms with van der Waals surface area (Å²) >= 11 is 0. The SMILES string of the molecule is Oc1[nH]c(O)c2c1CCC2. The average molecular weight is 139 g/mol. The predicted molar refractivity (Wildman–Crippen MR) is 36.1 cm³/mol.